The summed E-state index contributed by atoms with van der Waals surface area (Å²) in [6, 6.07) is 15.7. The topological polar surface area (TPSA) is 145 Å². The minimum Gasteiger partial charge on any atom is -0.475 e. The molecular formula is C28H31F3N4O7. The van der Waals surface area contributed by atoms with Crippen LogP contribution in [0, 0.1) is 18.8 Å². The number of hydrogen-bond acceptors (Lipinski definition) is 7. The van der Waals surface area contributed by atoms with Crippen LogP contribution in [0.1, 0.15) is 11.1 Å². The number of halogens is 3. The smallest absolute Gasteiger partial charge is 0.475 e. The molecule has 3 N–H and O–H groups in total. The van der Waals surface area contributed by atoms with Gasteiger partial charge in [-0.1, -0.05) is 48.0 Å². The highest BCUT2D eigenvalue weighted by Gasteiger charge is 2.68. The molecule has 0 bridgehead atoms. The maximum atomic E-state index is 13.2. The number of alkyl halides is 3. The molecule has 226 valence electrons. The van der Waals surface area contributed by atoms with Crippen molar-refractivity contribution in [2.75, 3.05) is 33.1 Å². The molecule has 2 heterocycles. The molecule has 2 aromatic carbocycles. The van der Waals surface area contributed by atoms with E-state index in [4.69, 9.17) is 14.6 Å². The number of likely N-dealkylation sites (tertiary alicyclic amines) is 1. The number of aliphatic carboxylic acids is 1. The number of carboxylic acid groups (broad SMARTS) is 1. The van der Waals surface area contributed by atoms with Crippen molar-refractivity contribution < 1.29 is 47.0 Å². The lowest BCUT2D eigenvalue weighted by atomic mass is 9.76. The third kappa shape index (κ3) is 6.70. The average Bonchev–Trinajstić information content (AvgIpc) is 3.38. The second kappa shape index (κ2) is 12.6. The number of likely N-dealkylation sites (N-methyl/N-ethyl adjacent to an activating group) is 1. The number of esters is 1. The van der Waals surface area contributed by atoms with Crippen LogP contribution in [-0.2, 0) is 30.3 Å². The summed E-state index contributed by atoms with van der Waals surface area (Å²) in [6.45, 7) is 2.07. The number of carboxylic acids is 1. The fourth-order valence-corrected chi connectivity index (χ4v) is 5.18. The van der Waals surface area contributed by atoms with Crippen molar-refractivity contribution in [1.82, 2.24) is 15.1 Å². The number of benzene rings is 2. The van der Waals surface area contributed by atoms with E-state index in [0.717, 1.165) is 16.0 Å². The van der Waals surface area contributed by atoms with E-state index in [1.54, 1.807) is 19.2 Å². The number of imide groups is 1. The molecule has 4 rings (SSSR count). The number of amides is 4. The Morgan fingerprint density at radius 2 is 1.64 bits per heavy atom. The van der Waals surface area contributed by atoms with E-state index in [1.165, 1.54) is 19.1 Å². The molecule has 0 aliphatic carbocycles. The molecule has 0 unspecified atom stereocenters. The first-order valence-corrected chi connectivity index (χ1v) is 12.7. The fraction of sp³-hybridized carbons (Fsp3) is 0.393. The number of fused-ring (bicyclic) bond motifs is 1. The van der Waals surface area contributed by atoms with Gasteiger partial charge < -0.3 is 20.1 Å². The Morgan fingerprint density at radius 3 is 2.17 bits per heavy atom. The van der Waals surface area contributed by atoms with Gasteiger partial charge in [0.1, 0.15) is 5.54 Å². The van der Waals surface area contributed by atoms with Crippen LogP contribution in [0.5, 0.6) is 0 Å². The van der Waals surface area contributed by atoms with E-state index >= 15 is 0 Å². The van der Waals surface area contributed by atoms with Gasteiger partial charge in [-0.25, -0.2) is 9.59 Å². The summed E-state index contributed by atoms with van der Waals surface area (Å²) in [6.07, 6.45) is -4.91. The first-order chi connectivity index (χ1) is 19.6. The lowest BCUT2D eigenvalue weighted by Crippen LogP contribution is -2.59. The molecule has 4 atom stereocenters. The number of aryl methyl sites for hydroxylation is 1. The number of nitrogens with zero attached hydrogens (tertiary/aromatic N) is 2. The second-order valence-electron chi connectivity index (χ2n) is 10.1. The molecule has 2 fully saturated rings. The van der Waals surface area contributed by atoms with Crippen molar-refractivity contribution in [1.29, 1.82) is 0 Å². The van der Waals surface area contributed by atoms with Gasteiger partial charge in [0.05, 0.1) is 18.9 Å². The van der Waals surface area contributed by atoms with Gasteiger partial charge in [-0.15, -0.1) is 0 Å². The Balaban J connectivity index is 0.000000616. The van der Waals surface area contributed by atoms with Crippen LogP contribution < -0.4 is 10.6 Å². The molecule has 2 aromatic rings. The molecule has 14 heteroatoms. The van der Waals surface area contributed by atoms with Gasteiger partial charge in [0.15, 0.2) is 0 Å². The van der Waals surface area contributed by atoms with E-state index < -0.39 is 47.4 Å². The summed E-state index contributed by atoms with van der Waals surface area (Å²) in [5.74, 6) is -5.91. The molecule has 2 aliphatic rings. The maximum Gasteiger partial charge on any atom is 0.490 e. The summed E-state index contributed by atoms with van der Waals surface area (Å²) >= 11 is 0. The number of nitrogens with one attached hydrogen (secondary N) is 2. The molecular weight excluding hydrogens is 561 g/mol. The Hall–Kier alpha value is -4.46. The highest BCUT2D eigenvalue weighted by molar-refractivity contribution is 6.09. The third-order valence-electron chi connectivity index (χ3n) is 7.22. The predicted octanol–water partition coefficient (Wildman–Crippen LogP) is 2.45. The molecule has 0 spiro atoms. The van der Waals surface area contributed by atoms with Gasteiger partial charge in [-0.3, -0.25) is 24.6 Å². The Kier molecular flexibility index (Phi) is 9.61. The molecule has 2 aliphatic heterocycles. The number of rotatable bonds is 6. The van der Waals surface area contributed by atoms with Crippen molar-refractivity contribution in [2.45, 2.75) is 31.1 Å². The Labute approximate surface area is 239 Å². The summed E-state index contributed by atoms with van der Waals surface area (Å²) in [5, 5.41) is 13.2. The standard InChI is InChI=1S/C26H30N4O5.C2HF3O2/c1-16-10-12-18(13-11-16)27-25(34)29(2)15-19-20-21(23(32)30(3)22(20)31)26(28-19,24(33)35-4)14-17-8-6-5-7-9-17;3-2(4,5)1(6)7/h5-13,19-21,28H,14-15H2,1-4H3,(H,27,34);(H,6,7)/t19-,20+,21-,26-;/m1./s1. The van der Waals surface area contributed by atoms with Crippen molar-refractivity contribution in [2.24, 2.45) is 11.8 Å². The lowest BCUT2D eigenvalue weighted by Gasteiger charge is -2.32. The third-order valence-corrected chi connectivity index (χ3v) is 7.22. The fourth-order valence-electron chi connectivity index (χ4n) is 5.18. The van der Waals surface area contributed by atoms with Crippen LogP contribution in [-0.4, -0.2) is 90.2 Å². The molecule has 2 saturated heterocycles. The van der Waals surface area contributed by atoms with Crippen molar-refractivity contribution in [3.63, 3.8) is 0 Å². The number of carbonyl (C=O) groups is 5. The number of hydrogen-bond donors (Lipinski definition) is 3. The van der Waals surface area contributed by atoms with Crippen molar-refractivity contribution in [3.05, 3.63) is 65.7 Å². The molecule has 0 aromatic heterocycles. The first-order valence-electron chi connectivity index (χ1n) is 12.7. The van der Waals surface area contributed by atoms with E-state index in [2.05, 4.69) is 10.6 Å². The molecule has 0 radical (unpaired) electrons. The quantitative estimate of drug-likeness (QED) is 0.343. The first kappa shape index (κ1) is 32.1. The van der Waals surface area contributed by atoms with Crippen LogP contribution in [0.2, 0.25) is 0 Å². The molecule has 4 amide bonds. The minimum atomic E-state index is -5.08. The van der Waals surface area contributed by atoms with Crippen LogP contribution >= 0.6 is 0 Å². The van der Waals surface area contributed by atoms with E-state index in [0.29, 0.717) is 5.69 Å². The van der Waals surface area contributed by atoms with E-state index in [9.17, 15) is 32.3 Å². The molecule has 0 saturated carbocycles. The van der Waals surface area contributed by atoms with Crippen molar-refractivity contribution >= 4 is 35.5 Å². The van der Waals surface area contributed by atoms with E-state index in [1.807, 2.05) is 49.4 Å². The summed E-state index contributed by atoms with van der Waals surface area (Å²) < 4.78 is 36.9. The monoisotopic (exact) mass is 592 g/mol. The Morgan fingerprint density at radius 1 is 1.07 bits per heavy atom. The van der Waals surface area contributed by atoms with Crippen LogP contribution in [0.15, 0.2) is 54.6 Å². The van der Waals surface area contributed by atoms with Crippen molar-refractivity contribution in [3.8, 4) is 0 Å². The van der Waals surface area contributed by atoms with E-state index in [-0.39, 0.29) is 24.9 Å². The Bertz CT molecular complexity index is 1340. The molecule has 11 nitrogen and oxygen atoms in total. The second-order valence-corrected chi connectivity index (χ2v) is 10.1. The van der Waals surface area contributed by atoms with Gasteiger partial charge in [0.2, 0.25) is 11.8 Å². The minimum absolute atomic E-state index is 0.110. The molecule has 42 heavy (non-hydrogen) atoms. The van der Waals surface area contributed by atoms with Gasteiger partial charge in [-0.05, 0) is 24.6 Å². The number of methoxy groups -OCH3 is 1. The predicted molar refractivity (Wildman–Crippen MR) is 143 cm³/mol. The van der Waals surface area contributed by atoms with Crippen LogP contribution in [0.3, 0.4) is 0 Å². The maximum absolute atomic E-state index is 13.2. The highest BCUT2D eigenvalue weighted by atomic mass is 19.4. The number of ether oxygens (including phenoxy) is 1. The number of carbonyl (C=O) groups excluding carboxylic acids is 4. The zero-order chi connectivity index (χ0) is 31.4. The van der Waals surface area contributed by atoms with Gasteiger partial charge in [-0.2, -0.15) is 13.2 Å². The van der Waals surface area contributed by atoms with Gasteiger partial charge in [0, 0.05) is 38.8 Å². The number of anilines is 1. The SMILES string of the molecule is COC(=O)[C@]1(Cc2ccccc2)N[C@H](CN(C)C(=O)Nc2ccc(C)cc2)[C@@H]2C(=O)N(C)C(=O)[C@@H]21.O=C(O)C(F)(F)F. The summed E-state index contributed by atoms with van der Waals surface area (Å²) in [7, 11) is 4.31. The van der Waals surface area contributed by atoms with Crippen LogP contribution in [0.4, 0.5) is 23.7 Å². The highest BCUT2D eigenvalue weighted by Crippen LogP contribution is 2.44. The van der Waals surface area contributed by atoms with Gasteiger partial charge >= 0.3 is 24.1 Å². The normalized spacial score (nSPS) is 23.0. The lowest BCUT2D eigenvalue weighted by molar-refractivity contribution is -0.192. The largest absolute Gasteiger partial charge is 0.490 e. The summed E-state index contributed by atoms with van der Waals surface area (Å²) in [5.41, 5.74) is 1.11. The van der Waals surface area contributed by atoms with Crippen LogP contribution in [0.25, 0.3) is 0 Å². The zero-order valence-corrected chi connectivity index (χ0v) is 23.3. The number of urea groups is 1. The zero-order valence-electron chi connectivity index (χ0n) is 23.3. The van der Waals surface area contributed by atoms with Gasteiger partial charge in [0.25, 0.3) is 0 Å². The average molecular weight is 593 g/mol. The summed E-state index contributed by atoms with van der Waals surface area (Å²) in [4.78, 5) is 63.9.